The van der Waals surface area contributed by atoms with Gasteiger partial charge in [0.05, 0.1) is 0 Å². The van der Waals surface area contributed by atoms with Gasteiger partial charge in [-0.15, -0.1) is 0 Å². The van der Waals surface area contributed by atoms with Crippen molar-refractivity contribution in [2.24, 2.45) is 0 Å². The number of hydrogen-bond donors (Lipinski definition) is 0. The number of hydrogen-bond acceptors (Lipinski definition) is 3. The van der Waals surface area contributed by atoms with Crippen molar-refractivity contribution >= 4 is 41.8 Å². The average Bonchev–Trinajstić information content (AvgIpc) is 2.53. The maximum absolute atomic E-state index is 4.64. The number of para-hydroxylation sites is 1. The van der Waals surface area contributed by atoms with Gasteiger partial charge in [-0.3, -0.25) is 0 Å². The van der Waals surface area contributed by atoms with E-state index in [0.29, 0.717) is 15.0 Å². The molecule has 0 saturated heterocycles. The molecule has 3 rings (SSSR count). The molecule has 0 N–H and O–H groups in total. The molecule has 0 atom stereocenters. The zero-order valence-electron chi connectivity index (χ0n) is 12.4. The fraction of sp³-hybridized carbons (Fsp3) is 0.176. The number of rotatable bonds is 3. The summed E-state index contributed by atoms with van der Waals surface area (Å²) in [5.41, 5.74) is 2.13. The van der Waals surface area contributed by atoms with E-state index < -0.39 is 0 Å². The van der Waals surface area contributed by atoms with Gasteiger partial charge in [0.15, 0.2) is 0 Å². The van der Waals surface area contributed by atoms with Gasteiger partial charge in [0.2, 0.25) is 0 Å². The van der Waals surface area contributed by atoms with Crippen LogP contribution in [-0.4, -0.2) is 32.0 Å². The Kier molecular flexibility index (Phi) is 3.91. The van der Waals surface area contributed by atoms with Gasteiger partial charge < -0.3 is 0 Å². The fourth-order valence-electron chi connectivity index (χ4n) is 2.36. The maximum atomic E-state index is 4.64. The first-order valence-corrected chi connectivity index (χ1v) is 9.37. The zero-order chi connectivity index (χ0) is 14.8. The van der Waals surface area contributed by atoms with E-state index in [9.17, 15) is 0 Å². The van der Waals surface area contributed by atoms with Crippen LogP contribution in [0.5, 0.6) is 0 Å². The molecule has 0 saturated carbocycles. The molecule has 2 aromatic carbocycles. The number of fused-ring (bicyclic) bond motifs is 1. The number of nitrogens with zero attached hydrogens (tertiary/aromatic N) is 3. The molecule has 0 spiro atoms. The van der Waals surface area contributed by atoms with E-state index in [1.807, 2.05) is 25.1 Å². The first kappa shape index (κ1) is 14.1. The van der Waals surface area contributed by atoms with Crippen LogP contribution in [-0.2, 0) is 0 Å². The van der Waals surface area contributed by atoms with Crippen molar-refractivity contribution in [2.45, 2.75) is 12.7 Å². The van der Waals surface area contributed by atoms with Gasteiger partial charge in [0.1, 0.15) is 0 Å². The van der Waals surface area contributed by atoms with Crippen LogP contribution < -0.4 is 9.36 Å². The van der Waals surface area contributed by atoms with Gasteiger partial charge >= 0.3 is 131 Å². The van der Waals surface area contributed by atoms with Crippen molar-refractivity contribution in [3.05, 3.63) is 54.4 Å². The van der Waals surface area contributed by atoms with Gasteiger partial charge in [-0.1, -0.05) is 0 Å². The molecule has 106 valence electrons. The summed E-state index contributed by atoms with van der Waals surface area (Å²) in [5, 5.41) is 1.08. The van der Waals surface area contributed by atoms with Crippen LogP contribution in [0.1, 0.15) is 5.82 Å². The summed E-state index contributed by atoms with van der Waals surface area (Å²) >= 11 is 0.537. The second kappa shape index (κ2) is 5.84. The molecule has 3 aromatic rings. The van der Waals surface area contributed by atoms with Crippen molar-refractivity contribution in [3.8, 4) is 0 Å². The Hall–Kier alpha value is -1.90. The van der Waals surface area contributed by atoms with Gasteiger partial charge in [-0.25, -0.2) is 0 Å². The molecule has 1 aromatic heterocycles. The van der Waals surface area contributed by atoms with Crippen molar-refractivity contribution in [3.63, 3.8) is 0 Å². The van der Waals surface area contributed by atoms with E-state index in [2.05, 4.69) is 58.1 Å². The van der Waals surface area contributed by atoms with Crippen LogP contribution in [0.15, 0.2) is 48.5 Å². The third-order valence-electron chi connectivity index (χ3n) is 3.47. The zero-order valence-corrected chi connectivity index (χ0v) is 14.1. The molecule has 0 aliphatic heterocycles. The summed E-state index contributed by atoms with van der Waals surface area (Å²) < 4.78 is 1.41. The summed E-state index contributed by atoms with van der Waals surface area (Å²) in [6, 6.07) is 16.9. The molecule has 0 amide bonds. The quantitative estimate of drug-likeness (QED) is 0.685. The number of benzene rings is 2. The van der Waals surface area contributed by atoms with Crippen molar-refractivity contribution in [1.29, 1.82) is 0 Å². The number of anilines is 2. The molecule has 1 heterocycles. The van der Waals surface area contributed by atoms with Crippen LogP contribution in [0.3, 0.4) is 0 Å². The molecule has 0 aliphatic carbocycles. The molecule has 0 unspecified atom stereocenters. The van der Waals surface area contributed by atoms with Gasteiger partial charge in [-0.05, 0) is 0 Å². The molecular formula is C17H17N3Se. The summed E-state index contributed by atoms with van der Waals surface area (Å²) in [4.78, 5) is 11.3. The van der Waals surface area contributed by atoms with E-state index in [1.54, 1.807) is 0 Å². The summed E-state index contributed by atoms with van der Waals surface area (Å²) in [6.07, 6.45) is 0. The first-order chi connectivity index (χ1) is 10.2. The summed E-state index contributed by atoms with van der Waals surface area (Å²) in [5.74, 6) is 3.98. The molecule has 0 aliphatic rings. The minimum absolute atomic E-state index is 0.537. The predicted octanol–water partition coefficient (Wildman–Crippen LogP) is 3.08. The Morgan fingerprint density at radius 2 is 1.67 bits per heavy atom. The second-order valence-corrected chi connectivity index (χ2v) is 6.71. The Morgan fingerprint density at radius 3 is 2.38 bits per heavy atom. The van der Waals surface area contributed by atoms with Crippen LogP contribution >= 0.6 is 0 Å². The van der Waals surface area contributed by atoms with Crippen LogP contribution in [0.4, 0.5) is 11.5 Å². The third kappa shape index (κ3) is 2.78. The Morgan fingerprint density at radius 1 is 0.952 bits per heavy atom. The Balaban J connectivity index is 2.09. The number of aromatic nitrogens is 2. The van der Waals surface area contributed by atoms with Gasteiger partial charge in [-0.2, -0.15) is 0 Å². The third-order valence-corrected chi connectivity index (χ3v) is 5.03. The summed E-state index contributed by atoms with van der Waals surface area (Å²) in [7, 11) is 2.06. The van der Waals surface area contributed by atoms with E-state index in [0.717, 1.165) is 28.2 Å². The SMILES string of the molecule is C[Se]c1ccc(N(C)c2nc(C)nc3ccccc23)cc1. The van der Waals surface area contributed by atoms with E-state index >= 15 is 0 Å². The predicted molar refractivity (Wildman–Crippen MR) is 90.0 cm³/mol. The number of aryl methyl sites for hydroxylation is 1. The molecule has 4 heteroatoms. The Bertz CT molecular complexity index is 769. The van der Waals surface area contributed by atoms with E-state index in [4.69, 9.17) is 0 Å². The molecule has 21 heavy (non-hydrogen) atoms. The van der Waals surface area contributed by atoms with Crippen molar-refractivity contribution in [1.82, 2.24) is 9.97 Å². The van der Waals surface area contributed by atoms with Crippen LogP contribution in [0, 0.1) is 6.92 Å². The fourth-order valence-corrected chi connectivity index (χ4v) is 3.21. The molecular weight excluding hydrogens is 325 g/mol. The van der Waals surface area contributed by atoms with E-state index in [-0.39, 0.29) is 0 Å². The molecule has 3 nitrogen and oxygen atoms in total. The minimum atomic E-state index is 0.537. The van der Waals surface area contributed by atoms with Crippen molar-refractivity contribution in [2.75, 3.05) is 11.9 Å². The normalized spacial score (nSPS) is 10.8. The molecule has 0 radical (unpaired) electrons. The van der Waals surface area contributed by atoms with Crippen LogP contribution in [0.25, 0.3) is 10.9 Å². The second-order valence-electron chi connectivity index (χ2n) is 4.87. The molecule has 0 fully saturated rings. The van der Waals surface area contributed by atoms with Crippen molar-refractivity contribution < 1.29 is 0 Å². The van der Waals surface area contributed by atoms with E-state index in [1.165, 1.54) is 4.46 Å². The average molecular weight is 342 g/mol. The van der Waals surface area contributed by atoms with Gasteiger partial charge in [0, 0.05) is 0 Å². The monoisotopic (exact) mass is 343 g/mol. The van der Waals surface area contributed by atoms with Gasteiger partial charge in [0.25, 0.3) is 0 Å². The topological polar surface area (TPSA) is 29.0 Å². The van der Waals surface area contributed by atoms with Crippen LogP contribution in [0.2, 0.25) is 5.82 Å². The molecule has 0 bridgehead atoms. The standard InChI is InChI=1S/C17H17N3Se/c1-12-18-16-7-5-4-6-15(16)17(19-12)20(2)13-8-10-14(21-3)11-9-13/h4-11H,1-3H3. The summed E-state index contributed by atoms with van der Waals surface area (Å²) in [6.45, 7) is 1.94. The first-order valence-electron chi connectivity index (χ1n) is 6.80. The Labute approximate surface area is 131 Å².